The highest BCUT2D eigenvalue weighted by molar-refractivity contribution is 5.81. The Morgan fingerprint density at radius 3 is 2.63 bits per heavy atom. The van der Waals surface area contributed by atoms with Crippen molar-refractivity contribution in [3.63, 3.8) is 0 Å². The molecule has 1 unspecified atom stereocenters. The van der Waals surface area contributed by atoms with Crippen molar-refractivity contribution in [1.29, 1.82) is 0 Å². The molecule has 0 fully saturated rings. The summed E-state index contributed by atoms with van der Waals surface area (Å²) in [4.78, 5) is 14.1. The molecule has 1 aliphatic carbocycles. The van der Waals surface area contributed by atoms with Crippen LogP contribution in [-0.4, -0.2) is 23.9 Å². The van der Waals surface area contributed by atoms with E-state index in [0.717, 1.165) is 6.42 Å². The van der Waals surface area contributed by atoms with Gasteiger partial charge in [0.1, 0.15) is 0 Å². The standard InChI is InChI=1S/C17H27NO/c1-5-13-18(16(19)17(2,3)4)14-9-12-15-10-7-6-8-11-15/h5-7,9,12,15H,1,8,10-11,13-14H2,2-4H3. The summed E-state index contributed by atoms with van der Waals surface area (Å²) in [6, 6.07) is 0. The van der Waals surface area contributed by atoms with Gasteiger partial charge in [0.15, 0.2) is 0 Å². The molecule has 106 valence electrons. The third-order valence-electron chi connectivity index (χ3n) is 3.32. The summed E-state index contributed by atoms with van der Waals surface area (Å²) >= 11 is 0. The lowest BCUT2D eigenvalue weighted by Gasteiger charge is -2.27. The first kappa shape index (κ1) is 15.7. The maximum absolute atomic E-state index is 12.3. The average Bonchev–Trinajstić information content (AvgIpc) is 2.37. The van der Waals surface area contributed by atoms with Crippen molar-refractivity contribution in [1.82, 2.24) is 4.90 Å². The Balaban J connectivity index is 2.54. The zero-order valence-electron chi connectivity index (χ0n) is 12.6. The monoisotopic (exact) mass is 261 g/mol. The fourth-order valence-electron chi connectivity index (χ4n) is 2.24. The van der Waals surface area contributed by atoms with Gasteiger partial charge in [-0.05, 0) is 25.2 Å². The number of carbonyl (C=O) groups is 1. The van der Waals surface area contributed by atoms with Crippen molar-refractivity contribution >= 4 is 5.91 Å². The van der Waals surface area contributed by atoms with E-state index < -0.39 is 0 Å². The van der Waals surface area contributed by atoms with Crippen molar-refractivity contribution in [2.75, 3.05) is 13.1 Å². The molecule has 0 saturated carbocycles. The van der Waals surface area contributed by atoms with Crippen LogP contribution in [0.15, 0.2) is 37.0 Å². The highest BCUT2D eigenvalue weighted by atomic mass is 16.2. The van der Waals surface area contributed by atoms with Crippen LogP contribution in [-0.2, 0) is 4.79 Å². The second-order valence-electron chi connectivity index (χ2n) is 6.22. The summed E-state index contributed by atoms with van der Waals surface area (Å²) in [6.07, 6.45) is 14.2. The maximum Gasteiger partial charge on any atom is 0.228 e. The molecule has 0 radical (unpaired) electrons. The molecule has 1 aliphatic rings. The van der Waals surface area contributed by atoms with Crippen molar-refractivity contribution < 1.29 is 4.79 Å². The number of hydrogen-bond donors (Lipinski definition) is 0. The maximum atomic E-state index is 12.3. The topological polar surface area (TPSA) is 20.3 Å². The van der Waals surface area contributed by atoms with Crippen LogP contribution >= 0.6 is 0 Å². The van der Waals surface area contributed by atoms with Crippen molar-refractivity contribution in [3.8, 4) is 0 Å². The quantitative estimate of drug-likeness (QED) is 0.686. The minimum absolute atomic E-state index is 0.181. The lowest BCUT2D eigenvalue weighted by molar-refractivity contribution is -0.138. The molecule has 0 heterocycles. The van der Waals surface area contributed by atoms with Crippen LogP contribution in [0, 0.1) is 11.3 Å². The normalized spacial score (nSPS) is 19.6. The Bertz CT molecular complexity index is 360. The van der Waals surface area contributed by atoms with Gasteiger partial charge < -0.3 is 4.90 Å². The molecular weight excluding hydrogens is 234 g/mol. The molecular formula is C17H27NO. The number of rotatable bonds is 5. The third kappa shape index (κ3) is 5.46. The van der Waals surface area contributed by atoms with Gasteiger partial charge in [-0.2, -0.15) is 0 Å². The highest BCUT2D eigenvalue weighted by Crippen LogP contribution is 2.20. The van der Waals surface area contributed by atoms with Gasteiger partial charge in [-0.15, -0.1) is 6.58 Å². The van der Waals surface area contributed by atoms with E-state index >= 15 is 0 Å². The van der Waals surface area contributed by atoms with Gasteiger partial charge in [-0.25, -0.2) is 0 Å². The zero-order valence-corrected chi connectivity index (χ0v) is 12.6. The second-order valence-corrected chi connectivity index (χ2v) is 6.22. The van der Waals surface area contributed by atoms with Crippen LogP contribution in [0.1, 0.15) is 40.0 Å². The van der Waals surface area contributed by atoms with E-state index in [1.165, 1.54) is 12.8 Å². The van der Waals surface area contributed by atoms with E-state index in [2.05, 4.69) is 30.9 Å². The molecule has 0 aliphatic heterocycles. The fraction of sp³-hybridized carbons (Fsp3) is 0.588. The Kier molecular flexibility index (Phi) is 6.07. The fourth-order valence-corrected chi connectivity index (χ4v) is 2.24. The lowest BCUT2D eigenvalue weighted by atomic mass is 9.93. The summed E-state index contributed by atoms with van der Waals surface area (Å²) < 4.78 is 0. The minimum Gasteiger partial charge on any atom is -0.335 e. The first-order valence-electron chi connectivity index (χ1n) is 7.17. The van der Waals surface area contributed by atoms with E-state index in [9.17, 15) is 4.79 Å². The SMILES string of the molecule is C=CCN(CC=CC1CC=CCC1)C(=O)C(C)(C)C. The predicted octanol–water partition coefficient (Wildman–Crippen LogP) is 3.96. The predicted molar refractivity (Wildman–Crippen MR) is 81.9 cm³/mol. The van der Waals surface area contributed by atoms with E-state index in [0.29, 0.717) is 19.0 Å². The molecule has 0 aromatic rings. The minimum atomic E-state index is -0.329. The summed E-state index contributed by atoms with van der Waals surface area (Å²) in [5.41, 5.74) is -0.329. The Morgan fingerprint density at radius 2 is 2.11 bits per heavy atom. The van der Waals surface area contributed by atoms with Crippen LogP contribution in [0.3, 0.4) is 0 Å². The highest BCUT2D eigenvalue weighted by Gasteiger charge is 2.25. The smallest absolute Gasteiger partial charge is 0.228 e. The number of carbonyl (C=O) groups excluding carboxylic acids is 1. The summed E-state index contributed by atoms with van der Waals surface area (Å²) in [6.45, 7) is 10.9. The Morgan fingerprint density at radius 1 is 1.37 bits per heavy atom. The van der Waals surface area contributed by atoms with Crippen LogP contribution < -0.4 is 0 Å². The van der Waals surface area contributed by atoms with Crippen molar-refractivity contribution in [2.45, 2.75) is 40.0 Å². The number of nitrogens with zero attached hydrogens (tertiary/aromatic N) is 1. The van der Waals surface area contributed by atoms with Crippen LogP contribution in [0.5, 0.6) is 0 Å². The molecule has 19 heavy (non-hydrogen) atoms. The van der Waals surface area contributed by atoms with E-state index in [1.807, 2.05) is 25.7 Å². The number of allylic oxidation sites excluding steroid dienone is 3. The first-order chi connectivity index (χ1) is 8.95. The van der Waals surface area contributed by atoms with E-state index in [-0.39, 0.29) is 11.3 Å². The Labute approximate surface area is 117 Å². The largest absolute Gasteiger partial charge is 0.335 e. The van der Waals surface area contributed by atoms with Crippen LogP contribution in [0.25, 0.3) is 0 Å². The summed E-state index contributed by atoms with van der Waals surface area (Å²) in [7, 11) is 0. The van der Waals surface area contributed by atoms with Gasteiger partial charge in [0.05, 0.1) is 0 Å². The van der Waals surface area contributed by atoms with Gasteiger partial charge in [-0.3, -0.25) is 4.79 Å². The van der Waals surface area contributed by atoms with Crippen LogP contribution in [0.2, 0.25) is 0 Å². The summed E-state index contributed by atoms with van der Waals surface area (Å²) in [5.74, 6) is 0.820. The van der Waals surface area contributed by atoms with E-state index in [4.69, 9.17) is 0 Å². The molecule has 0 aromatic heterocycles. The molecule has 1 rings (SSSR count). The van der Waals surface area contributed by atoms with E-state index in [1.54, 1.807) is 6.08 Å². The average molecular weight is 261 g/mol. The number of hydrogen-bond acceptors (Lipinski definition) is 1. The lowest BCUT2D eigenvalue weighted by Crippen LogP contribution is -2.39. The number of amides is 1. The molecule has 0 aromatic carbocycles. The van der Waals surface area contributed by atoms with Gasteiger partial charge in [0, 0.05) is 18.5 Å². The first-order valence-corrected chi connectivity index (χ1v) is 7.17. The van der Waals surface area contributed by atoms with Gasteiger partial charge >= 0.3 is 0 Å². The molecule has 2 heteroatoms. The van der Waals surface area contributed by atoms with Crippen molar-refractivity contribution in [2.24, 2.45) is 11.3 Å². The molecule has 2 nitrogen and oxygen atoms in total. The zero-order chi connectivity index (χ0) is 14.3. The molecule has 1 atom stereocenters. The molecule has 0 spiro atoms. The van der Waals surface area contributed by atoms with Gasteiger partial charge in [0.2, 0.25) is 5.91 Å². The second kappa shape index (κ2) is 7.32. The van der Waals surface area contributed by atoms with Crippen molar-refractivity contribution in [3.05, 3.63) is 37.0 Å². The van der Waals surface area contributed by atoms with Gasteiger partial charge in [-0.1, -0.05) is 51.2 Å². The molecule has 0 saturated heterocycles. The molecule has 1 amide bonds. The van der Waals surface area contributed by atoms with Crippen LogP contribution in [0.4, 0.5) is 0 Å². The molecule has 0 bridgehead atoms. The van der Waals surface area contributed by atoms with Gasteiger partial charge in [0.25, 0.3) is 0 Å². The summed E-state index contributed by atoms with van der Waals surface area (Å²) in [5, 5.41) is 0. The third-order valence-corrected chi connectivity index (χ3v) is 3.32. The Hall–Kier alpha value is -1.31. The molecule has 0 N–H and O–H groups in total.